The second-order valence-electron chi connectivity index (χ2n) is 6.40. The number of Topliss-reactive ketones (excluding diaryl/α,β-unsaturated/α-hetero) is 1. The van der Waals surface area contributed by atoms with Crippen molar-refractivity contribution in [2.24, 2.45) is 0 Å². The van der Waals surface area contributed by atoms with Crippen LogP contribution in [0.25, 0.3) is 6.08 Å². The van der Waals surface area contributed by atoms with Crippen LogP contribution >= 0.6 is 0 Å². The predicted molar refractivity (Wildman–Crippen MR) is 117 cm³/mol. The maximum Gasteiger partial charge on any atom is 0.325 e. The highest BCUT2D eigenvalue weighted by Gasteiger charge is 2.24. The molecule has 0 fully saturated rings. The first-order valence-electron chi connectivity index (χ1n) is 9.69. The third kappa shape index (κ3) is 7.36. The number of hydrogen-bond acceptors (Lipinski definition) is 7. The number of methoxy groups -OCH3 is 2. The van der Waals surface area contributed by atoms with E-state index in [1.807, 2.05) is 12.1 Å². The number of amides is 1. The number of rotatable bonds is 11. The summed E-state index contributed by atoms with van der Waals surface area (Å²) in [5.41, 5.74) is 3.97. The number of anilines is 1. The maximum absolute atomic E-state index is 12.8. The number of benzene rings is 2. The average molecular weight is 426 g/mol. The van der Waals surface area contributed by atoms with E-state index in [2.05, 4.69) is 10.8 Å². The molecule has 0 radical (unpaired) electrons. The van der Waals surface area contributed by atoms with E-state index in [4.69, 9.17) is 14.3 Å². The molecular formula is C23H26N2O6. The van der Waals surface area contributed by atoms with Crippen molar-refractivity contribution in [1.29, 1.82) is 0 Å². The normalized spacial score (nSPS) is 11.7. The summed E-state index contributed by atoms with van der Waals surface area (Å²) in [7, 11) is 2.81. The van der Waals surface area contributed by atoms with Crippen molar-refractivity contribution in [2.45, 2.75) is 19.4 Å². The number of ketones is 1. The van der Waals surface area contributed by atoms with E-state index in [0.717, 1.165) is 11.3 Å². The SMILES string of the molecule is CCONC(CC(=O)c1ccccc1NC(=O)C=Cc1ccc(OC)cc1)C(=O)OC. The Bertz CT molecular complexity index is 924. The van der Waals surface area contributed by atoms with Gasteiger partial charge in [-0.1, -0.05) is 24.3 Å². The first-order chi connectivity index (χ1) is 15.0. The van der Waals surface area contributed by atoms with Crippen LogP contribution < -0.4 is 15.5 Å². The molecule has 0 heterocycles. The Kier molecular flexibility index (Phi) is 9.41. The summed E-state index contributed by atoms with van der Waals surface area (Å²) in [4.78, 5) is 42.1. The molecule has 8 heteroatoms. The molecule has 0 saturated heterocycles. The number of hydroxylamine groups is 1. The van der Waals surface area contributed by atoms with Gasteiger partial charge in [-0.05, 0) is 42.8 Å². The van der Waals surface area contributed by atoms with Gasteiger partial charge >= 0.3 is 5.97 Å². The van der Waals surface area contributed by atoms with Crippen LogP contribution in [-0.4, -0.2) is 44.5 Å². The number of esters is 1. The lowest BCUT2D eigenvalue weighted by molar-refractivity contribution is -0.147. The van der Waals surface area contributed by atoms with E-state index < -0.39 is 17.9 Å². The Hall–Kier alpha value is -3.49. The highest BCUT2D eigenvalue weighted by atomic mass is 16.6. The zero-order valence-corrected chi connectivity index (χ0v) is 17.7. The minimum Gasteiger partial charge on any atom is -0.497 e. The standard InChI is InChI=1S/C23H26N2O6/c1-4-31-25-20(23(28)30-3)15-21(26)18-7-5-6-8-19(18)24-22(27)14-11-16-9-12-17(29-2)13-10-16/h5-14,20,25H,4,15H2,1-3H3,(H,24,27). The molecule has 0 saturated carbocycles. The smallest absolute Gasteiger partial charge is 0.325 e. The summed E-state index contributed by atoms with van der Waals surface area (Å²) in [5.74, 6) is -0.644. The zero-order valence-electron chi connectivity index (χ0n) is 17.7. The van der Waals surface area contributed by atoms with Crippen LogP contribution in [0.2, 0.25) is 0 Å². The molecule has 8 nitrogen and oxygen atoms in total. The molecule has 0 aromatic heterocycles. The van der Waals surface area contributed by atoms with E-state index in [0.29, 0.717) is 12.3 Å². The highest BCUT2D eigenvalue weighted by molar-refractivity contribution is 6.09. The van der Waals surface area contributed by atoms with Crippen molar-refractivity contribution < 1.29 is 28.7 Å². The molecule has 1 unspecified atom stereocenters. The maximum atomic E-state index is 12.8. The van der Waals surface area contributed by atoms with Gasteiger partial charge in [0, 0.05) is 18.1 Å². The van der Waals surface area contributed by atoms with Gasteiger partial charge in [0.2, 0.25) is 5.91 Å². The molecule has 164 valence electrons. The first-order valence-corrected chi connectivity index (χ1v) is 9.69. The van der Waals surface area contributed by atoms with Gasteiger partial charge in [-0.25, -0.2) is 0 Å². The van der Waals surface area contributed by atoms with Crippen LogP contribution in [0.3, 0.4) is 0 Å². The van der Waals surface area contributed by atoms with Gasteiger partial charge in [0.1, 0.15) is 11.8 Å². The fraction of sp³-hybridized carbons (Fsp3) is 0.261. The van der Waals surface area contributed by atoms with Crippen molar-refractivity contribution in [3.8, 4) is 5.75 Å². The third-order valence-corrected chi connectivity index (χ3v) is 4.27. The molecular weight excluding hydrogens is 400 g/mol. The van der Waals surface area contributed by atoms with Crippen molar-refractivity contribution in [3.05, 3.63) is 65.7 Å². The Balaban J connectivity index is 2.09. The number of nitrogens with one attached hydrogen (secondary N) is 2. The molecule has 2 N–H and O–H groups in total. The summed E-state index contributed by atoms with van der Waals surface area (Å²) in [6.07, 6.45) is 2.83. The van der Waals surface area contributed by atoms with Crippen LogP contribution in [0.4, 0.5) is 5.69 Å². The van der Waals surface area contributed by atoms with Gasteiger partial charge in [0.05, 0.1) is 26.5 Å². The molecule has 1 amide bonds. The van der Waals surface area contributed by atoms with Gasteiger partial charge in [0.15, 0.2) is 5.78 Å². The molecule has 2 aromatic carbocycles. The molecule has 0 aliphatic rings. The van der Waals surface area contributed by atoms with Crippen LogP contribution in [-0.2, 0) is 19.2 Å². The minimum atomic E-state index is -0.962. The van der Waals surface area contributed by atoms with Crippen molar-refractivity contribution in [2.75, 3.05) is 26.1 Å². The summed E-state index contributed by atoms with van der Waals surface area (Å²) < 4.78 is 9.81. The molecule has 0 aliphatic heterocycles. The van der Waals surface area contributed by atoms with Crippen LogP contribution in [0.5, 0.6) is 5.75 Å². The predicted octanol–water partition coefficient (Wildman–Crippen LogP) is 3.00. The average Bonchev–Trinajstić information content (AvgIpc) is 2.80. The number of carbonyl (C=O) groups is 3. The topological polar surface area (TPSA) is 103 Å². The van der Waals surface area contributed by atoms with Crippen LogP contribution in [0, 0.1) is 0 Å². The lowest BCUT2D eigenvalue weighted by atomic mass is 10.0. The number of hydrogen-bond donors (Lipinski definition) is 2. The fourth-order valence-electron chi connectivity index (χ4n) is 2.69. The quantitative estimate of drug-likeness (QED) is 0.246. The van der Waals surface area contributed by atoms with Crippen LogP contribution in [0.15, 0.2) is 54.6 Å². The lowest BCUT2D eigenvalue weighted by Gasteiger charge is -2.16. The minimum absolute atomic E-state index is 0.193. The molecule has 2 rings (SSSR count). The molecule has 0 aliphatic carbocycles. The number of para-hydroxylation sites is 1. The fourth-order valence-corrected chi connectivity index (χ4v) is 2.69. The molecule has 0 spiro atoms. The molecule has 31 heavy (non-hydrogen) atoms. The van der Waals surface area contributed by atoms with Gasteiger partial charge in [0.25, 0.3) is 0 Å². The summed E-state index contributed by atoms with van der Waals surface area (Å²) in [6, 6.07) is 12.8. The summed E-state index contributed by atoms with van der Waals surface area (Å²) in [6.45, 7) is 2.06. The van der Waals surface area contributed by atoms with Gasteiger partial charge < -0.3 is 19.6 Å². The van der Waals surface area contributed by atoms with Crippen molar-refractivity contribution in [3.63, 3.8) is 0 Å². The Morgan fingerprint density at radius 3 is 2.39 bits per heavy atom. The van der Waals surface area contributed by atoms with Crippen molar-refractivity contribution in [1.82, 2.24) is 5.48 Å². The second-order valence-corrected chi connectivity index (χ2v) is 6.40. The monoisotopic (exact) mass is 426 g/mol. The van der Waals surface area contributed by atoms with Gasteiger partial charge in [-0.3, -0.25) is 14.4 Å². The van der Waals surface area contributed by atoms with E-state index in [1.54, 1.807) is 56.5 Å². The lowest BCUT2D eigenvalue weighted by Crippen LogP contribution is -2.39. The third-order valence-electron chi connectivity index (χ3n) is 4.27. The largest absolute Gasteiger partial charge is 0.497 e. The van der Waals surface area contributed by atoms with E-state index in [9.17, 15) is 14.4 Å². The Labute approximate surface area is 181 Å². The zero-order chi connectivity index (χ0) is 22.6. The van der Waals surface area contributed by atoms with Crippen molar-refractivity contribution >= 4 is 29.4 Å². The Morgan fingerprint density at radius 1 is 1.03 bits per heavy atom. The molecule has 2 aromatic rings. The Morgan fingerprint density at radius 2 is 1.74 bits per heavy atom. The molecule has 1 atom stereocenters. The first kappa shape index (κ1) is 23.8. The van der Waals surface area contributed by atoms with Gasteiger partial charge in [-0.2, -0.15) is 5.48 Å². The number of carbonyl (C=O) groups excluding carboxylic acids is 3. The van der Waals surface area contributed by atoms with E-state index in [1.165, 1.54) is 13.2 Å². The van der Waals surface area contributed by atoms with E-state index >= 15 is 0 Å². The second kappa shape index (κ2) is 12.3. The van der Waals surface area contributed by atoms with Gasteiger partial charge in [-0.15, -0.1) is 0 Å². The molecule has 0 bridgehead atoms. The highest BCUT2D eigenvalue weighted by Crippen LogP contribution is 2.19. The van der Waals surface area contributed by atoms with E-state index in [-0.39, 0.29) is 17.8 Å². The summed E-state index contributed by atoms with van der Waals surface area (Å²) >= 11 is 0. The van der Waals surface area contributed by atoms with Crippen LogP contribution in [0.1, 0.15) is 29.3 Å². The summed E-state index contributed by atoms with van der Waals surface area (Å²) in [5, 5.41) is 2.70. The number of ether oxygens (including phenoxy) is 2.